The number of anilines is 1. The Bertz CT molecular complexity index is 1050. The van der Waals surface area contributed by atoms with E-state index in [0.717, 1.165) is 12.8 Å². The molecule has 1 aromatic carbocycles. The van der Waals surface area contributed by atoms with Gasteiger partial charge in [-0.3, -0.25) is 4.84 Å². The zero-order chi connectivity index (χ0) is 20.1. The van der Waals surface area contributed by atoms with Gasteiger partial charge in [0.2, 0.25) is 0 Å². The van der Waals surface area contributed by atoms with Crippen molar-refractivity contribution in [2.45, 2.75) is 43.5 Å². The molecule has 3 aromatic rings. The summed E-state index contributed by atoms with van der Waals surface area (Å²) in [6, 6.07) is 7.55. The molecule has 5 atom stereocenters. The van der Waals surface area contributed by atoms with E-state index >= 15 is 0 Å². The lowest BCUT2D eigenvalue weighted by molar-refractivity contribution is -0.0848. The van der Waals surface area contributed by atoms with Gasteiger partial charge in [-0.1, -0.05) is 18.2 Å². The van der Waals surface area contributed by atoms with Crippen LogP contribution in [0.25, 0.3) is 11.0 Å². The van der Waals surface area contributed by atoms with Crippen LogP contribution in [0, 0.1) is 0 Å². The number of rotatable bonds is 5. The molecule has 2 aromatic heterocycles. The van der Waals surface area contributed by atoms with Crippen molar-refractivity contribution in [1.82, 2.24) is 14.5 Å². The predicted molar refractivity (Wildman–Crippen MR) is 103 cm³/mol. The van der Waals surface area contributed by atoms with E-state index in [1.54, 1.807) is 16.8 Å². The van der Waals surface area contributed by atoms with E-state index in [0.29, 0.717) is 22.4 Å². The highest BCUT2D eigenvalue weighted by Gasteiger charge is 2.47. The fourth-order valence-electron chi connectivity index (χ4n) is 4.12. The molecule has 1 aliphatic heterocycles. The quantitative estimate of drug-likeness (QED) is 0.467. The molecule has 4 N–H and O–H groups in total. The van der Waals surface area contributed by atoms with Gasteiger partial charge in [0, 0.05) is 6.20 Å². The van der Waals surface area contributed by atoms with Gasteiger partial charge in [0.1, 0.15) is 36.4 Å². The minimum absolute atomic E-state index is 0.475. The topological polar surface area (TPSA) is 122 Å². The van der Waals surface area contributed by atoms with Gasteiger partial charge < -0.3 is 24.6 Å². The summed E-state index contributed by atoms with van der Waals surface area (Å²) < 4.78 is 7.56. The minimum Gasteiger partial charge on any atom is -0.387 e. The first kappa shape index (κ1) is 18.5. The van der Waals surface area contributed by atoms with Crippen LogP contribution in [-0.2, 0) is 22.4 Å². The maximum atomic E-state index is 10.8. The van der Waals surface area contributed by atoms with E-state index < -0.39 is 30.6 Å². The standard InChI is InChI=1S/C20H22N4O5/c1-28-23-18-13-6-7-24(19(13)22-9-21-18)20-16(27)15(26)17(29-20)14(25)12-5-3-10-2-4-11(10)8-12/h3,5-9,14-17,20,25-27H,2,4H2,1H3,(H,21,22,23)/t14-,15+,16-,17-,20-/m1/s1. The fraction of sp³-hybridized carbons (Fsp3) is 0.400. The van der Waals surface area contributed by atoms with Crippen molar-refractivity contribution in [2.24, 2.45) is 0 Å². The van der Waals surface area contributed by atoms with Gasteiger partial charge in [0.25, 0.3) is 0 Å². The second-order valence-electron chi connectivity index (χ2n) is 7.43. The average Bonchev–Trinajstić information content (AvgIpc) is 3.25. The van der Waals surface area contributed by atoms with Crippen molar-refractivity contribution in [3.63, 3.8) is 0 Å². The largest absolute Gasteiger partial charge is 0.387 e. The van der Waals surface area contributed by atoms with E-state index in [4.69, 9.17) is 9.57 Å². The fourth-order valence-corrected chi connectivity index (χ4v) is 4.12. The molecule has 29 heavy (non-hydrogen) atoms. The van der Waals surface area contributed by atoms with Crippen LogP contribution in [0.1, 0.15) is 29.0 Å². The smallest absolute Gasteiger partial charge is 0.164 e. The molecule has 3 heterocycles. The highest BCUT2D eigenvalue weighted by molar-refractivity contribution is 5.87. The molecule has 1 aliphatic carbocycles. The van der Waals surface area contributed by atoms with Crippen LogP contribution in [0.5, 0.6) is 0 Å². The van der Waals surface area contributed by atoms with Crippen LogP contribution in [0.3, 0.4) is 0 Å². The van der Waals surface area contributed by atoms with Gasteiger partial charge in [0.15, 0.2) is 12.0 Å². The average molecular weight is 398 g/mol. The van der Waals surface area contributed by atoms with Crippen molar-refractivity contribution in [3.05, 3.63) is 53.5 Å². The normalized spacial score (nSPS) is 26.9. The van der Waals surface area contributed by atoms with Crippen LogP contribution < -0.4 is 5.48 Å². The summed E-state index contributed by atoms with van der Waals surface area (Å²) in [6.45, 7) is 0. The molecule has 0 bridgehead atoms. The zero-order valence-corrected chi connectivity index (χ0v) is 15.8. The summed E-state index contributed by atoms with van der Waals surface area (Å²) in [5.74, 6) is 0.475. The number of aromatic nitrogens is 3. The molecule has 1 fully saturated rings. The third kappa shape index (κ3) is 2.90. The second-order valence-corrected chi connectivity index (χ2v) is 7.43. The van der Waals surface area contributed by atoms with Gasteiger partial charge in [0.05, 0.1) is 12.5 Å². The third-order valence-corrected chi connectivity index (χ3v) is 5.80. The number of hydrogen-bond donors (Lipinski definition) is 4. The van der Waals surface area contributed by atoms with Crippen LogP contribution >= 0.6 is 0 Å². The highest BCUT2D eigenvalue weighted by Crippen LogP contribution is 2.38. The van der Waals surface area contributed by atoms with Crippen LogP contribution in [0.4, 0.5) is 5.82 Å². The van der Waals surface area contributed by atoms with Crippen molar-refractivity contribution in [2.75, 3.05) is 12.6 Å². The minimum atomic E-state index is -1.25. The van der Waals surface area contributed by atoms with E-state index in [1.165, 1.54) is 24.6 Å². The number of nitrogens with zero attached hydrogens (tertiary/aromatic N) is 3. The zero-order valence-electron chi connectivity index (χ0n) is 15.8. The Morgan fingerprint density at radius 1 is 1.17 bits per heavy atom. The number of fused-ring (bicyclic) bond motifs is 2. The Labute approximate surface area is 166 Å². The van der Waals surface area contributed by atoms with Crippen LogP contribution in [0.15, 0.2) is 36.8 Å². The summed E-state index contributed by atoms with van der Waals surface area (Å²) in [4.78, 5) is 13.3. The molecule has 152 valence electrons. The molecule has 0 unspecified atom stereocenters. The molecule has 0 radical (unpaired) electrons. The maximum Gasteiger partial charge on any atom is 0.164 e. The first-order chi connectivity index (χ1) is 14.1. The number of hydrogen-bond acceptors (Lipinski definition) is 8. The van der Waals surface area contributed by atoms with Crippen molar-refractivity contribution >= 4 is 16.9 Å². The third-order valence-electron chi connectivity index (χ3n) is 5.80. The summed E-state index contributed by atoms with van der Waals surface area (Å²) in [6.07, 6.45) is -0.310. The molecular formula is C20H22N4O5. The predicted octanol–water partition coefficient (Wildman–Crippen LogP) is 0.856. The van der Waals surface area contributed by atoms with Crippen LogP contribution in [0.2, 0.25) is 0 Å². The molecule has 0 saturated carbocycles. The number of aliphatic hydroxyl groups is 3. The van der Waals surface area contributed by atoms with E-state index in [2.05, 4.69) is 15.4 Å². The number of aryl methyl sites for hydroxylation is 2. The second kappa shape index (κ2) is 7.05. The molecule has 9 nitrogen and oxygen atoms in total. The monoisotopic (exact) mass is 398 g/mol. The Morgan fingerprint density at radius 2 is 2.00 bits per heavy atom. The Hall–Kier alpha value is -2.56. The Morgan fingerprint density at radius 3 is 2.72 bits per heavy atom. The molecule has 9 heteroatoms. The molecular weight excluding hydrogens is 376 g/mol. The molecule has 2 aliphatic rings. The molecule has 0 amide bonds. The van der Waals surface area contributed by atoms with Gasteiger partial charge in [-0.25, -0.2) is 15.4 Å². The van der Waals surface area contributed by atoms with E-state index in [9.17, 15) is 15.3 Å². The SMILES string of the molecule is CONc1ncnc2c1ccn2[C@@H]1O[C@H]([C@H](O)c2ccc3c(c2)CC3)[C@@H](O)[C@H]1O. The van der Waals surface area contributed by atoms with Gasteiger partial charge in [-0.2, -0.15) is 0 Å². The van der Waals surface area contributed by atoms with Crippen molar-refractivity contribution < 1.29 is 24.9 Å². The van der Waals surface area contributed by atoms with Crippen molar-refractivity contribution in [3.8, 4) is 0 Å². The number of ether oxygens (including phenoxy) is 1. The first-order valence-corrected chi connectivity index (χ1v) is 9.50. The van der Waals surface area contributed by atoms with Gasteiger partial charge in [-0.15, -0.1) is 0 Å². The number of nitrogens with one attached hydrogen (secondary N) is 1. The number of aliphatic hydroxyl groups excluding tert-OH is 3. The number of benzene rings is 1. The van der Waals surface area contributed by atoms with Gasteiger partial charge >= 0.3 is 0 Å². The Kier molecular flexibility index (Phi) is 4.49. The highest BCUT2D eigenvalue weighted by atomic mass is 16.6. The Balaban J connectivity index is 1.44. The van der Waals surface area contributed by atoms with Crippen molar-refractivity contribution in [1.29, 1.82) is 0 Å². The summed E-state index contributed by atoms with van der Waals surface area (Å²) in [5, 5.41) is 32.7. The van der Waals surface area contributed by atoms with E-state index in [-0.39, 0.29) is 0 Å². The molecule has 5 rings (SSSR count). The lowest BCUT2D eigenvalue weighted by Crippen LogP contribution is -2.35. The summed E-state index contributed by atoms with van der Waals surface area (Å²) >= 11 is 0. The first-order valence-electron chi connectivity index (χ1n) is 9.50. The summed E-state index contributed by atoms with van der Waals surface area (Å²) in [5.41, 5.74) is 6.35. The molecule has 0 spiro atoms. The summed E-state index contributed by atoms with van der Waals surface area (Å²) in [7, 11) is 1.48. The lowest BCUT2D eigenvalue weighted by atomic mass is 9.85. The van der Waals surface area contributed by atoms with E-state index in [1.807, 2.05) is 18.2 Å². The van der Waals surface area contributed by atoms with Gasteiger partial charge in [-0.05, 0) is 35.6 Å². The van der Waals surface area contributed by atoms with Crippen LogP contribution in [-0.4, -0.2) is 55.3 Å². The lowest BCUT2D eigenvalue weighted by Gasteiger charge is -2.25. The maximum absolute atomic E-state index is 10.8. The molecule has 1 saturated heterocycles.